The summed E-state index contributed by atoms with van der Waals surface area (Å²) in [7, 11) is -3.71. The minimum Gasteiger partial charge on any atom is -0.481 e. The average molecular weight is 271 g/mol. The van der Waals surface area contributed by atoms with Crippen LogP contribution in [0.4, 0.5) is 4.39 Å². The molecule has 0 radical (unpaired) electrons. The molecule has 0 saturated heterocycles. The Morgan fingerprint density at radius 1 is 1.44 bits per heavy atom. The van der Waals surface area contributed by atoms with Gasteiger partial charge in [-0.15, -0.1) is 0 Å². The van der Waals surface area contributed by atoms with Crippen molar-refractivity contribution in [1.29, 1.82) is 5.26 Å². The molecular weight excluding hydrogens is 261 g/mol. The summed E-state index contributed by atoms with van der Waals surface area (Å²) in [5.74, 6) is -3.13. The number of carboxylic acids is 1. The number of nitriles is 1. The molecule has 7 heteroatoms. The van der Waals surface area contributed by atoms with E-state index in [9.17, 15) is 17.6 Å². The van der Waals surface area contributed by atoms with Crippen molar-refractivity contribution in [3.63, 3.8) is 0 Å². The number of rotatable bonds is 5. The zero-order valence-electron chi connectivity index (χ0n) is 9.26. The fourth-order valence-electron chi connectivity index (χ4n) is 1.31. The molecule has 5 nitrogen and oxygen atoms in total. The van der Waals surface area contributed by atoms with Gasteiger partial charge in [-0.2, -0.15) is 5.26 Å². The highest BCUT2D eigenvalue weighted by molar-refractivity contribution is 7.90. The summed E-state index contributed by atoms with van der Waals surface area (Å²) in [5.41, 5.74) is 0.0271. The summed E-state index contributed by atoms with van der Waals surface area (Å²) < 4.78 is 36.4. The number of carbonyl (C=O) groups is 1. The molecule has 0 fully saturated rings. The predicted molar refractivity (Wildman–Crippen MR) is 60.9 cm³/mol. The van der Waals surface area contributed by atoms with Crippen molar-refractivity contribution < 1.29 is 22.7 Å². The summed E-state index contributed by atoms with van der Waals surface area (Å²) in [5, 5.41) is 17.0. The standard InChI is InChI=1S/C11H10FNO4S/c12-10-2-1-8(6-13)5-9(10)7-18(16,17)4-3-11(14)15/h1-2,5H,3-4,7H2,(H,14,15). The van der Waals surface area contributed by atoms with Crippen molar-refractivity contribution in [3.8, 4) is 6.07 Å². The number of nitrogens with zero attached hydrogens (tertiary/aromatic N) is 1. The second-order valence-corrected chi connectivity index (χ2v) is 5.84. The van der Waals surface area contributed by atoms with Gasteiger partial charge in [0.2, 0.25) is 0 Å². The average Bonchev–Trinajstić information content (AvgIpc) is 2.29. The molecule has 0 heterocycles. The van der Waals surface area contributed by atoms with E-state index in [-0.39, 0.29) is 11.1 Å². The molecule has 96 valence electrons. The molecule has 0 amide bonds. The van der Waals surface area contributed by atoms with Crippen molar-refractivity contribution in [3.05, 3.63) is 35.1 Å². The lowest BCUT2D eigenvalue weighted by molar-refractivity contribution is -0.136. The van der Waals surface area contributed by atoms with E-state index in [1.165, 1.54) is 6.07 Å². The lowest BCUT2D eigenvalue weighted by Gasteiger charge is -2.04. The first-order chi connectivity index (χ1) is 8.34. The van der Waals surface area contributed by atoms with E-state index in [0.29, 0.717) is 0 Å². The molecule has 18 heavy (non-hydrogen) atoms. The lowest BCUT2D eigenvalue weighted by atomic mass is 10.1. The Hall–Kier alpha value is -1.94. The molecule has 0 aliphatic rings. The third-order valence-corrected chi connectivity index (χ3v) is 3.75. The first-order valence-electron chi connectivity index (χ1n) is 4.95. The number of hydrogen-bond donors (Lipinski definition) is 1. The fourth-order valence-corrected chi connectivity index (χ4v) is 2.63. The summed E-state index contributed by atoms with van der Waals surface area (Å²) in [6.07, 6.45) is -0.526. The molecule has 1 rings (SSSR count). The predicted octanol–water partition coefficient (Wildman–Crippen LogP) is 1.09. The van der Waals surface area contributed by atoms with Crippen LogP contribution >= 0.6 is 0 Å². The topological polar surface area (TPSA) is 95.2 Å². The van der Waals surface area contributed by atoms with Crippen molar-refractivity contribution >= 4 is 15.8 Å². The lowest BCUT2D eigenvalue weighted by Crippen LogP contribution is -2.13. The second kappa shape index (κ2) is 5.60. The van der Waals surface area contributed by atoms with Crippen molar-refractivity contribution in [2.75, 3.05) is 5.75 Å². The van der Waals surface area contributed by atoms with Crippen LogP contribution in [-0.4, -0.2) is 25.2 Å². The summed E-state index contributed by atoms with van der Waals surface area (Å²) in [4.78, 5) is 10.3. The highest BCUT2D eigenvalue weighted by atomic mass is 32.2. The van der Waals surface area contributed by atoms with E-state index >= 15 is 0 Å². The normalized spacial score (nSPS) is 10.9. The van der Waals surface area contributed by atoms with E-state index in [1.54, 1.807) is 6.07 Å². The minimum atomic E-state index is -3.71. The van der Waals surface area contributed by atoms with E-state index < -0.39 is 39.6 Å². The third kappa shape index (κ3) is 4.14. The molecule has 0 spiro atoms. The number of carboxylic acid groups (broad SMARTS) is 1. The summed E-state index contributed by atoms with van der Waals surface area (Å²) in [6, 6.07) is 5.17. The highest BCUT2D eigenvalue weighted by Crippen LogP contribution is 2.14. The van der Waals surface area contributed by atoms with Gasteiger partial charge >= 0.3 is 5.97 Å². The maximum atomic E-state index is 13.3. The van der Waals surface area contributed by atoms with E-state index in [1.807, 2.05) is 0 Å². The van der Waals surface area contributed by atoms with Gasteiger partial charge in [-0.1, -0.05) is 0 Å². The first-order valence-corrected chi connectivity index (χ1v) is 6.77. The number of hydrogen-bond acceptors (Lipinski definition) is 4. The van der Waals surface area contributed by atoms with Crippen LogP contribution in [0.5, 0.6) is 0 Å². The van der Waals surface area contributed by atoms with Gasteiger partial charge in [-0.05, 0) is 18.2 Å². The van der Waals surface area contributed by atoms with Gasteiger partial charge < -0.3 is 5.11 Å². The van der Waals surface area contributed by atoms with Gasteiger partial charge in [-0.3, -0.25) is 4.79 Å². The Kier molecular flexibility index (Phi) is 4.39. The van der Waals surface area contributed by atoms with Crippen molar-refractivity contribution in [2.24, 2.45) is 0 Å². The van der Waals surface area contributed by atoms with Crippen LogP contribution in [-0.2, 0) is 20.4 Å². The summed E-state index contributed by atoms with van der Waals surface area (Å²) >= 11 is 0. The smallest absolute Gasteiger partial charge is 0.304 e. The SMILES string of the molecule is N#Cc1ccc(F)c(CS(=O)(=O)CCC(=O)O)c1. The molecule has 1 aromatic rings. The Morgan fingerprint density at radius 3 is 2.67 bits per heavy atom. The first kappa shape index (κ1) is 14.1. The van der Waals surface area contributed by atoms with Gasteiger partial charge in [-0.25, -0.2) is 12.8 Å². The zero-order valence-corrected chi connectivity index (χ0v) is 10.1. The number of aliphatic carboxylic acids is 1. The van der Waals surface area contributed by atoms with Crippen molar-refractivity contribution in [1.82, 2.24) is 0 Å². The van der Waals surface area contributed by atoms with E-state index in [4.69, 9.17) is 10.4 Å². The molecule has 0 unspecified atom stereocenters. The second-order valence-electron chi connectivity index (χ2n) is 3.65. The van der Waals surface area contributed by atoms with Gasteiger partial charge in [0.25, 0.3) is 0 Å². The molecule has 0 aliphatic heterocycles. The van der Waals surface area contributed by atoms with E-state index in [0.717, 1.165) is 12.1 Å². The quantitative estimate of drug-likeness (QED) is 0.864. The van der Waals surface area contributed by atoms with Gasteiger partial charge in [0.15, 0.2) is 9.84 Å². The Bertz CT molecular complexity index is 604. The largest absolute Gasteiger partial charge is 0.481 e. The van der Waals surface area contributed by atoms with Gasteiger partial charge in [0.05, 0.1) is 29.6 Å². The summed E-state index contributed by atoms with van der Waals surface area (Å²) in [6.45, 7) is 0. The Balaban J connectivity index is 2.90. The van der Waals surface area contributed by atoms with Crippen LogP contribution in [0.15, 0.2) is 18.2 Å². The molecule has 0 aromatic heterocycles. The molecular formula is C11H10FNO4S. The Morgan fingerprint density at radius 2 is 2.11 bits per heavy atom. The molecule has 0 saturated carbocycles. The zero-order chi connectivity index (χ0) is 13.8. The van der Waals surface area contributed by atoms with Gasteiger partial charge in [0.1, 0.15) is 5.82 Å². The van der Waals surface area contributed by atoms with Crippen LogP contribution in [0.2, 0.25) is 0 Å². The number of sulfone groups is 1. The Labute approximate surface area is 103 Å². The molecule has 1 N–H and O–H groups in total. The maximum Gasteiger partial charge on any atom is 0.304 e. The molecule has 0 bridgehead atoms. The van der Waals surface area contributed by atoms with Crippen LogP contribution in [0.1, 0.15) is 17.5 Å². The number of benzene rings is 1. The van der Waals surface area contributed by atoms with Crippen LogP contribution < -0.4 is 0 Å². The fraction of sp³-hybridized carbons (Fsp3) is 0.273. The van der Waals surface area contributed by atoms with Crippen LogP contribution in [0.25, 0.3) is 0 Å². The van der Waals surface area contributed by atoms with E-state index in [2.05, 4.69) is 0 Å². The monoisotopic (exact) mass is 271 g/mol. The third-order valence-electron chi connectivity index (χ3n) is 2.18. The van der Waals surface area contributed by atoms with Crippen molar-refractivity contribution in [2.45, 2.75) is 12.2 Å². The van der Waals surface area contributed by atoms with Crippen LogP contribution in [0.3, 0.4) is 0 Å². The van der Waals surface area contributed by atoms with Gasteiger partial charge in [0, 0.05) is 5.56 Å². The molecule has 0 atom stereocenters. The molecule has 1 aromatic carbocycles. The molecule has 0 aliphatic carbocycles. The highest BCUT2D eigenvalue weighted by Gasteiger charge is 2.17. The van der Waals surface area contributed by atoms with Crippen LogP contribution in [0, 0.1) is 17.1 Å². The minimum absolute atomic E-state index is 0.126. The number of halogens is 1. The maximum absolute atomic E-state index is 13.3.